The monoisotopic (exact) mass is 310 g/mol. The molecule has 0 aliphatic rings. The molecule has 0 aliphatic heterocycles. The van der Waals surface area contributed by atoms with Gasteiger partial charge in [-0.1, -0.05) is 15.9 Å². The highest BCUT2D eigenvalue weighted by atomic mass is 79.9. The third-order valence-corrected chi connectivity index (χ3v) is 3.12. The molecule has 0 bridgehead atoms. The number of benzene rings is 1. The van der Waals surface area contributed by atoms with Gasteiger partial charge in [0.25, 0.3) is 0 Å². The normalized spacial score (nSPS) is 12.4. The number of ether oxygens (including phenoxy) is 1. The topological polar surface area (TPSA) is 47.3 Å². The molecule has 0 unspecified atom stereocenters. The lowest BCUT2D eigenvalue weighted by Crippen LogP contribution is -2.23. The molecule has 2 aromatic rings. The Bertz CT molecular complexity index is 496. The lowest BCUT2D eigenvalue weighted by Gasteiger charge is -2.13. The number of halogens is 1. The number of hydrogen-bond acceptors (Lipinski definition) is 3. The molecule has 1 aromatic heterocycles. The minimum Gasteiger partial charge on any atom is -0.491 e. The van der Waals surface area contributed by atoms with Crippen molar-refractivity contribution >= 4 is 15.9 Å². The molecule has 1 heterocycles. The van der Waals surface area contributed by atoms with Crippen LogP contribution in [0.4, 0.5) is 0 Å². The van der Waals surface area contributed by atoms with Crippen LogP contribution in [-0.4, -0.2) is 27.4 Å². The fraction of sp³-hybridized carbons (Fsp3) is 0.308. The van der Waals surface area contributed by atoms with Gasteiger partial charge in [0.1, 0.15) is 24.3 Å². The molecule has 2 rings (SSSR count). The van der Waals surface area contributed by atoms with Crippen LogP contribution in [0.1, 0.15) is 5.82 Å². The van der Waals surface area contributed by atoms with Crippen molar-refractivity contribution < 1.29 is 9.84 Å². The quantitative estimate of drug-likeness (QED) is 0.922. The lowest BCUT2D eigenvalue weighted by atomic mass is 10.3. The highest BCUT2D eigenvalue weighted by Gasteiger charge is 2.07. The van der Waals surface area contributed by atoms with Crippen LogP contribution in [0.3, 0.4) is 0 Å². The Labute approximate surface area is 114 Å². The Morgan fingerprint density at radius 1 is 1.39 bits per heavy atom. The van der Waals surface area contributed by atoms with Crippen LogP contribution in [0, 0.1) is 6.92 Å². The number of nitrogens with zero attached hydrogens (tertiary/aromatic N) is 2. The number of aryl methyl sites for hydroxylation is 1. The van der Waals surface area contributed by atoms with Gasteiger partial charge in [-0.2, -0.15) is 0 Å². The summed E-state index contributed by atoms with van der Waals surface area (Å²) in [7, 11) is 0. The Morgan fingerprint density at radius 3 is 2.72 bits per heavy atom. The molecule has 4 nitrogen and oxygen atoms in total. The molecule has 0 radical (unpaired) electrons. The van der Waals surface area contributed by atoms with Crippen LogP contribution < -0.4 is 4.74 Å². The van der Waals surface area contributed by atoms with Crippen molar-refractivity contribution in [3.63, 3.8) is 0 Å². The lowest BCUT2D eigenvalue weighted by molar-refractivity contribution is 0.0919. The Kier molecular flexibility index (Phi) is 4.38. The van der Waals surface area contributed by atoms with E-state index < -0.39 is 6.10 Å². The largest absolute Gasteiger partial charge is 0.491 e. The minimum absolute atomic E-state index is 0.263. The van der Waals surface area contributed by atoms with Crippen molar-refractivity contribution in [2.24, 2.45) is 0 Å². The van der Waals surface area contributed by atoms with Crippen molar-refractivity contribution in [2.45, 2.75) is 19.6 Å². The molecule has 0 fully saturated rings. The fourth-order valence-electron chi connectivity index (χ4n) is 1.60. The highest BCUT2D eigenvalue weighted by molar-refractivity contribution is 9.10. The molecule has 1 N–H and O–H groups in total. The van der Waals surface area contributed by atoms with Gasteiger partial charge in [-0.15, -0.1) is 0 Å². The second-order valence-electron chi connectivity index (χ2n) is 4.05. The predicted octanol–water partition coefficient (Wildman–Crippen LogP) is 2.39. The number of aliphatic hydroxyl groups excluding tert-OH is 1. The molecular formula is C13H15BrN2O2. The van der Waals surface area contributed by atoms with E-state index in [9.17, 15) is 5.11 Å². The Balaban J connectivity index is 1.83. The average molecular weight is 311 g/mol. The van der Waals surface area contributed by atoms with Gasteiger partial charge in [0.2, 0.25) is 0 Å². The zero-order chi connectivity index (χ0) is 13.0. The van der Waals surface area contributed by atoms with Gasteiger partial charge in [0.15, 0.2) is 0 Å². The van der Waals surface area contributed by atoms with Crippen LogP contribution in [0.2, 0.25) is 0 Å². The third kappa shape index (κ3) is 3.58. The first-order valence-corrected chi connectivity index (χ1v) is 6.48. The van der Waals surface area contributed by atoms with E-state index in [0.717, 1.165) is 16.0 Å². The van der Waals surface area contributed by atoms with Gasteiger partial charge < -0.3 is 14.4 Å². The molecular weight excluding hydrogens is 296 g/mol. The van der Waals surface area contributed by atoms with Crippen LogP contribution in [0.5, 0.6) is 5.75 Å². The number of hydrogen-bond donors (Lipinski definition) is 1. The molecule has 96 valence electrons. The van der Waals surface area contributed by atoms with Crippen molar-refractivity contribution in [3.05, 3.63) is 47.0 Å². The van der Waals surface area contributed by atoms with Gasteiger partial charge in [0.05, 0.1) is 6.54 Å². The van der Waals surface area contributed by atoms with Crippen LogP contribution in [-0.2, 0) is 6.54 Å². The number of imidazole rings is 1. The zero-order valence-corrected chi connectivity index (χ0v) is 11.7. The molecule has 18 heavy (non-hydrogen) atoms. The standard InChI is InChI=1S/C13H15BrN2O2/c1-10-15-6-7-16(10)8-12(17)9-18-13-4-2-11(14)3-5-13/h2-7,12,17H,8-9H2,1H3/t12-/m0/s1. The first-order valence-electron chi connectivity index (χ1n) is 5.69. The second-order valence-corrected chi connectivity index (χ2v) is 4.96. The second kappa shape index (κ2) is 6.02. The summed E-state index contributed by atoms with van der Waals surface area (Å²) in [5.41, 5.74) is 0. The van der Waals surface area contributed by atoms with Crippen molar-refractivity contribution in [1.82, 2.24) is 9.55 Å². The van der Waals surface area contributed by atoms with Crippen molar-refractivity contribution in [1.29, 1.82) is 0 Å². The summed E-state index contributed by atoms with van der Waals surface area (Å²) < 4.78 is 8.41. The van der Waals surface area contributed by atoms with E-state index in [4.69, 9.17) is 4.74 Å². The average Bonchev–Trinajstić information content (AvgIpc) is 2.74. The zero-order valence-electron chi connectivity index (χ0n) is 10.1. The first-order chi connectivity index (χ1) is 8.65. The minimum atomic E-state index is -0.554. The summed E-state index contributed by atoms with van der Waals surface area (Å²) in [4.78, 5) is 4.10. The molecule has 0 saturated carbocycles. The smallest absolute Gasteiger partial charge is 0.119 e. The SMILES string of the molecule is Cc1nccn1C[C@H](O)COc1ccc(Br)cc1. The van der Waals surface area contributed by atoms with Crippen LogP contribution in [0.15, 0.2) is 41.1 Å². The maximum atomic E-state index is 9.88. The van der Waals surface area contributed by atoms with E-state index in [-0.39, 0.29) is 6.61 Å². The van der Waals surface area contributed by atoms with E-state index in [1.807, 2.05) is 42.0 Å². The van der Waals surface area contributed by atoms with Gasteiger partial charge in [-0.3, -0.25) is 0 Å². The molecule has 1 atom stereocenters. The van der Waals surface area contributed by atoms with E-state index in [2.05, 4.69) is 20.9 Å². The van der Waals surface area contributed by atoms with Crippen LogP contribution in [0.25, 0.3) is 0 Å². The summed E-state index contributed by atoms with van der Waals surface area (Å²) in [6.07, 6.45) is 3.01. The van der Waals surface area contributed by atoms with E-state index >= 15 is 0 Å². The summed E-state index contributed by atoms with van der Waals surface area (Å²) in [6, 6.07) is 7.53. The van der Waals surface area contributed by atoms with Gasteiger partial charge in [-0.25, -0.2) is 4.98 Å². The molecule has 1 aromatic carbocycles. The molecule has 0 spiro atoms. The highest BCUT2D eigenvalue weighted by Crippen LogP contribution is 2.16. The van der Waals surface area contributed by atoms with E-state index in [1.54, 1.807) is 6.20 Å². The number of rotatable bonds is 5. The Hall–Kier alpha value is -1.33. The van der Waals surface area contributed by atoms with E-state index in [0.29, 0.717) is 6.54 Å². The molecule has 0 amide bonds. The number of aliphatic hydroxyl groups is 1. The summed E-state index contributed by atoms with van der Waals surface area (Å²) >= 11 is 3.36. The summed E-state index contributed by atoms with van der Waals surface area (Å²) in [6.45, 7) is 2.66. The number of aromatic nitrogens is 2. The van der Waals surface area contributed by atoms with E-state index in [1.165, 1.54) is 0 Å². The first kappa shape index (κ1) is 13.1. The molecule has 0 saturated heterocycles. The van der Waals surface area contributed by atoms with Gasteiger partial charge >= 0.3 is 0 Å². The predicted molar refractivity (Wildman–Crippen MR) is 72.6 cm³/mol. The van der Waals surface area contributed by atoms with Gasteiger partial charge in [0, 0.05) is 16.9 Å². The Morgan fingerprint density at radius 2 is 2.11 bits per heavy atom. The summed E-state index contributed by atoms with van der Waals surface area (Å²) in [5.74, 6) is 1.64. The van der Waals surface area contributed by atoms with Crippen molar-refractivity contribution in [3.8, 4) is 5.75 Å². The maximum absolute atomic E-state index is 9.88. The van der Waals surface area contributed by atoms with Gasteiger partial charge in [-0.05, 0) is 31.2 Å². The molecule has 0 aliphatic carbocycles. The third-order valence-electron chi connectivity index (χ3n) is 2.59. The summed E-state index contributed by atoms with van der Waals surface area (Å²) in [5, 5.41) is 9.88. The maximum Gasteiger partial charge on any atom is 0.119 e. The van der Waals surface area contributed by atoms with Crippen LogP contribution >= 0.6 is 15.9 Å². The van der Waals surface area contributed by atoms with Crippen molar-refractivity contribution in [2.75, 3.05) is 6.61 Å². The fourth-order valence-corrected chi connectivity index (χ4v) is 1.86. The molecule has 5 heteroatoms.